The van der Waals surface area contributed by atoms with Crippen LogP contribution in [-0.2, 0) is 11.3 Å². The van der Waals surface area contributed by atoms with E-state index in [1.54, 1.807) is 34.8 Å². The molecule has 0 atom stereocenters. The van der Waals surface area contributed by atoms with Gasteiger partial charge in [-0.25, -0.2) is 14.8 Å². The van der Waals surface area contributed by atoms with Gasteiger partial charge in [-0.05, 0) is 42.0 Å². The molecule has 1 N–H and O–H groups in total. The van der Waals surface area contributed by atoms with Gasteiger partial charge in [0.05, 0.1) is 17.6 Å². The molecule has 1 aliphatic rings. The minimum absolute atomic E-state index is 0.184. The van der Waals surface area contributed by atoms with E-state index < -0.39 is 0 Å². The molecule has 6 nitrogen and oxygen atoms in total. The summed E-state index contributed by atoms with van der Waals surface area (Å²) in [6, 6.07) is 17.1. The normalized spacial score (nSPS) is 13.0. The van der Waals surface area contributed by atoms with Crippen molar-refractivity contribution in [2.24, 2.45) is 0 Å². The lowest BCUT2D eigenvalue weighted by atomic mass is 10.1. The molecule has 1 amide bonds. The maximum atomic E-state index is 13.0. The minimum atomic E-state index is -0.382. The molecule has 166 valence electrons. The van der Waals surface area contributed by atoms with E-state index in [-0.39, 0.29) is 11.9 Å². The van der Waals surface area contributed by atoms with Crippen molar-refractivity contribution in [1.82, 2.24) is 15.3 Å². The van der Waals surface area contributed by atoms with Gasteiger partial charge < -0.3 is 10.1 Å². The minimum Gasteiger partial charge on any atom is -0.465 e. The fraction of sp³-hybridized carbons (Fsp3) is 0.200. The maximum absolute atomic E-state index is 13.0. The van der Waals surface area contributed by atoms with Crippen molar-refractivity contribution in [2.75, 3.05) is 7.11 Å². The second kappa shape index (κ2) is 9.25. The molecule has 0 radical (unpaired) electrons. The molecular formula is C25H21N3O3S2. The first-order chi connectivity index (χ1) is 16.1. The zero-order chi connectivity index (χ0) is 22.8. The van der Waals surface area contributed by atoms with E-state index in [0.29, 0.717) is 23.7 Å². The van der Waals surface area contributed by atoms with Crippen LogP contribution in [0.1, 0.15) is 50.0 Å². The van der Waals surface area contributed by atoms with Crippen LogP contribution in [0.4, 0.5) is 0 Å². The highest BCUT2D eigenvalue weighted by molar-refractivity contribution is 7.23. The van der Waals surface area contributed by atoms with Crippen LogP contribution < -0.4 is 5.32 Å². The number of rotatable bonds is 7. The quantitative estimate of drug-likeness (QED) is 0.356. The van der Waals surface area contributed by atoms with Crippen LogP contribution in [0.5, 0.6) is 0 Å². The zero-order valence-electron chi connectivity index (χ0n) is 17.9. The summed E-state index contributed by atoms with van der Waals surface area (Å²) in [5, 5.41) is 4.59. The maximum Gasteiger partial charge on any atom is 0.337 e. The van der Waals surface area contributed by atoms with Crippen molar-refractivity contribution in [3.63, 3.8) is 0 Å². The van der Waals surface area contributed by atoms with Gasteiger partial charge in [-0.15, -0.1) is 22.7 Å². The third-order valence-electron chi connectivity index (χ3n) is 5.39. The Morgan fingerprint density at radius 1 is 1.03 bits per heavy atom. The molecule has 1 saturated carbocycles. The van der Waals surface area contributed by atoms with Crippen molar-refractivity contribution >= 4 is 34.6 Å². The first-order valence-corrected chi connectivity index (χ1v) is 12.2. The molecule has 33 heavy (non-hydrogen) atoms. The third kappa shape index (κ3) is 4.72. The Kier molecular flexibility index (Phi) is 6.02. The Morgan fingerprint density at radius 3 is 2.48 bits per heavy atom. The lowest BCUT2D eigenvalue weighted by molar-refractivity contribution is 0.0600. The summed E-state index contributed by atoms with van der Waals surface area (Å²) in [5.74, 6) is -0.159. The summed E-state index contributed by atoms with van der Waals surface area (Å²) in [7, 11) is 1.35. The molecule has 4 aromatic rings. The van der Waals surface area contributed by atoms with Crippen LogP contribution in [0.15, 0.2) is 60.8 Å². The molecule has 2 aromatic carbocycles. The number of hydrogen-bond donors (Lipinski definition) is 1. The molecule has 0 unspecified atom stereocenters. The van der Waals surface area contributed by atoms with Gasteiger partial charge in [0.15, 0.2) is 10.0 Å². The second-order valence-corrected chi connectivity index (χ2v) is 9.83. The van der Waals surface area contributed by atoms with Crippen LogP contribution in [0.2, 0.25) is 0 Å². The topological polar surface area (TPSA) is 81.2 Å². The summed E-state index contributed by atoms with van der Waals surface area (Å²) in [4.78, 5) is 36.0. The number of ether oxygens (including phenoxy) is 1. The number of thiazole rings is 2. The molecule has 0 spiro atoms. The van der Waals surface area contributed by atoms with Crippen molar-refractivity contribution < 1.29 is 14.3 Å². The SMILES string of the molecule is COC(=O)c1ccc(CNC(=O)c2nc(-c3ncc(-c4ccccc4)s3)sc2C2CC2)cc1. The summed E-state index contributed by atoms with van der Waals surface area (Å²) in [6.45, 7) is 0.354. The predicted octanol–water partition coefficient (Wildman–Crippen LogP) is 5.53. The van der Waals surface area contributed by atoms with E-state index >= 15 is 0 Å². The highest BCUT2D eigenvalue weighted by Gasteiger charge is 2.32. The summed E-state index contributed by atoms with van der Waals surface area (Å²) in [6.07, 6.45) is 4.04. The number of hydrogen-bond acceptors (Lipinski definition) is 7. The molecule has 2 heterocycles. The zero-order valence-corrected chi connectivity index (χ0v) is 19.5. The van der Waals surface area contributed by atoms with Crippen molar-refractivity contribution in [1.29, 1.82) is 0 Å². The highest BCUT2D eigenvalue weighted by atomic mass is 32.1. The molecule has 2 aromatic heterocycles. The Bertz CT molecular complexity index is 1290. The van der Waals surface area contributed by atoms with Gasteiger partial charge >= 0.3 is 5.97 Å². The molecule has 8 heteroatoms. The fourth-order valence-corrected chi connectivity index (χ4v) is 5.64. The number of amides is 1. The van der Waals surface area contributed by atoms with Gasteiger partial charge in [-0.3, -0.25) is 4.79 Å². The Labute approximate surface area is 199 Å². The van der Waals surface area contributed by atoms with Gasteiger partial charge in [0.2, 0.25) is 0 Å². The standard InChI is InChI=1S/C25H21N3O3S2/c1-31-25(30)18-9-7-15(8-10-18)13-26-22(29)20-21(17-11-12-17)33-24(28-20)23-27-14-19(32-23)16-5-3-2-4-6-16/h2-10,14,17H,11-13H2,1H3,(H,26,29). The van der Waals surface area contributed by atoms with Crippen LogP contribution in [0.25, 0.3) is 20.5 Å². The monoisotopic (exact) mass is 475 g/mol. The van der Waals surface area contributed by atoms with E-state index in [1.807, 2.05) is 36.5 Å². The third-order valence-corrected chi connectivity index (χ3v) is 7.80. The fourth-order valence-electron chi connectivity index (χ4n) is 3.46. The average Bonchev–Trinajstić information content (AvgIpc) is 3.41. The molecule has 0 bridgehead atoms. The van der Waals surface area contributed by atoms with E-state index in [1.165, 1.54) is 7.11 Å². The molecule has 0 aliphatic heterocycles. The Balaban J connectivity index is 1.33. The number of nitrogens with zero attached hydrogens (tertiary/aromatic N) is 2. The van der Waals surface area contributed by atoms with Gasteiger partial charge in [0.1, 0.15) is 5.69 Å². The smallest absolute Gasteiger partial charge is 0.337 e. The number of aromatic nitrogens is 2. The summed E-state index contributed by atoms with van der Waals surface area (Å²) in [5.41, 5.74) is 2.99. The predicted molar refractivity (Wildman–Crippen MR) is 130 cm³/mol. The average molecular weight is 476 g/mol. The number of carbonyl (C=O) groups excluding carboxylic acids is 2. The van der Waals surface area contributed by atoms with Crippen molar-refractivity contribution in [3.05, 3.63) is 82.5 Å². The highest BCUT2D eigenvalue weighted by Crippen LogP contribution is 2.46. The lowest BCUT2D eigenvalue weighted by Gasteiger charge is -2.06. The summed E-state index contributed by atoms with van der Waals surface area (Å²) >= 11 is 3.16. The number of benzene rings is 2. The van der Waals surface area contributed by atoms with Crippen LogP contribution in [0, 0.1) is 0 Å². The molecule has 1 fully saturated rings. The molecule has 0 saturated heterocycles. The molecule has 5 rings (SSSR count). The first kappa shape index (κ1) is 21.5. The number of nitrogens with one attached hydrogen (secondary N) is 1. The van der Waals surface area contributed by atoms with Gasteiger partial charge in [0.25, 0.3) is 5.91 Å². The Hall–Kier alpha value is -3.36. The molecular weight excluding hydrogens is 454 g/mol. The first-order valence-electron chi connectivity index (χ1n) is 10.6. The number of methoxy groups -OCH3 is 1. The van der Waals surface area contributed by atoms with E-state index in [4.69, 9.17) is 9.72 Å². The van der Waals surface area contributed by atoms with Crippen LogP contribution in [-0.4, -0.2) is 29.0 Å². The van der Waals surface area contributed by atoms with Gasteiger partial charge in [-0.2, -0.15) is 0 Å². The lowest BCUT2D eigenvalue weighted by Crippen LogP contribution is -2.24. The number of carbonyl (C=O) groups is 2. The van der Waals surface area contributed by atoms with Crippen molar-refractivity contribution in [2.45, 2.75) is 25.3 Å². The van der Waals surface area contributed by atoms with E-state index in [9.17, 15) is 9.59 Å². The molecule has 1 aliphatic carbocycles. The second-order valence-electron chi connectivity index (χ2n) is 7.77. The van der Waals surface area contributed by atoms with E-state index in [2.05, 4.69) is 22.4 Å². The van der Waals surface area contributed by atoms with Crippen LogP contribution in [0.3, 0.4) is 0 Å². The number of esters is 1. The van der Waals surface area contributed by atoms with Crippen molar-refractivity contribution in [3.8, 4) is 20.5 Å². The Morgan fingerprint density at radius 2 is 1.79 bits per heavy atom. The van der Waals surface area contributed by atoms with E-state index in [0.717, 1.165) is 43.7 Å². The summed E-state index contributed by atoms with van der Waals surface area (Å²) < 4.78 is 4.72. The largest absolute Gasteiger partial charge is 0.465 e. The van der Waals surface area contributed by atoms with Gasteiger partial charge in [0, 0.05) is 17.6 Å². The van der Waals surface area contributed by atoms with Crippen LogP contribution >= 0.6 is 22.7 Å². The van der Waals surface area contributed by atoms with Gasteiger partial charge in [-0.1, -0.05) is 42.5 Å².